The molecule has 0 amide bonds. The molecule has 0 aliphatic heterocycles. The first-order chi connectivity index (χ1) is 18.7. The monoisotopic (exact) mass is 521 g/mol. The fraction of sp³-hybridized carbons (Fsp3) is 0.842. The molecule has 3 aliphatic carbocycles. The van der Waals surface area contributed by atoms with Gasteiger partial charge in [-0.05, 0) is 111 Å². The molecule has 0 N–H and O–H groups in total. The molecule has 0 bridgehead atoms. The largest absolute Gasteiger partial charge is 0.0654 e. The summed E-state index contributed by atoms with van der Waals surface area (Å²) in [5.41, 5.74) is 3.23. The maximum atomic E-state index is 2.50. The Labute approximate surface area is 238 Å². The Hall–Kier alpha value is -0.780. The third-order valence-corrected chi connectivity index (χ3v) is 11.5. The summed E-state index contributed by atoms with van der Waals surface area (Å²) in [6.07, 6.45) is 35.4. The summed E-state index contributed by atoms with van der Waals surface area (Å²) < 4.78 is 0. The van der Waals surface area contributed by atoms with Crippen LogP contribution in [0.4, 0.5) is 0 Å². The van der Waals surface area contributed by atoms with Crippen LogP contribution in [-0.2, 0) is 6.42 Å². The summed E-state index contributed by atoms with van der Waals surface area (Å²) >= 11 is 0. The first-order valence-corrected chi connectivity index (χ1v) is 17.8. The van der Waals surface area contributed by atoms with E-state index in [0.717, 1.165) is 35.5 Å². The van der Waals surface area contributed by atoms with Crippen molar-refractivity contribution in [2.24, 2.45) is 29.6 Å². The highest BCUT2D eigenvalue weighted by Crippen LogP contribution is 2.43. The van der Waals surface area contributed by atoms with E-state index in [0.29, 0.717) is 0 Å². The molecule has 3 saturated carbocycles. The zero-order valence-electron chi connectivity index (χ0n) is 25.7. The first-order valence-electron chi connectivity index (χ1n) is 17.8. The van der Waals surface area contributed by atoms with E-state index in [-0.39, 0.29) is 0 Å². The van der Waals surface area contributed by atoms with Crippen LogP contribution in [0.15, 0.2) is 24.3 Å². The molecule has 0 nitrogen and oxygen atoms in total. The fourth-order valence-electron chi connectivity index (χ4n) is 8.73. The van der Waals surface area contributed by atoms with Crippen molar-refractivity contribution in [1.29, 1.82) is 0 Å². The van der Waals surface area contributed by atoms with Gasteiger partial charge in [0.15, 0.2) is 0 Å². The van der Waals surface area contributed by atoms with Crippen LogP contribution in [0.25, 0.3) is 0 Å². The van der Waals surface area contributed by atoms with Crippen molar-refractivity contribution in [2.75, 3.05) is 0 Å². The van der Waals surface area contributed by atoms with Crippen LogP contribution in [0.3, 0.4) is 0 Å². The molecular weight excluding hydrogens is 456 g/mol. The SMILES string of the molecule is CCCCCCCC1CCC(c2ccc(CCC3CCC(C4CCC(CCCCC)CC4)CC3)cc2)CC1. The van der Waals surface area contributed by atoms with Crippen molar-refractivity contribution in [1.82, 2.24) is 0 Å². The van der Waals surface area contributed by atoms with Gasteiger partial charge in [-0.1, -0.05) is 128 Å². The summed E-state index contributed by atoms with van der Waals surface area (Å²) in [5.74, 6) is 6.06. The van der Waals surface area contributed by atoms with Gasteiger partial charge in [-0.2, -0.15) is 0 Å². The van der Waals surface area contributed by atoms with Gasteiger partial charge >= 0.3 is 0 Å². The zero-order chi connectivity index (χ0) is 26.4. The Morgan fingerprint density at radius 3 is 1.47 bits per heavy atom. The molecule has 0 unspecified atom stereocenters. The summed E-state index contributed by atoms with van der Waals surface area (Å²) in [5, 5.41) is 0. The van der Waals surface area contributed by atoms with Crippen molar-refractivity contribution in [2.45, 2.75) is 174 Å². The van der Waals surface area contributed by atoms with Crippen LogP contribution < -0.4 is 0 Å². The van der Waals surface area contributed by atoms with E-state index < -0.39 is 0 Å². The van der Waals surface area contributed by atoms with Crippen LogP contribution in [-0.4, -0.2) is 0 Å². The summed E-state index contributed by atoms with van der Waals surface area (Å²) in [4.78, 5) is 0. The van der Waals surface area contributed by atoms with E-state index in [2.05, 4.69) is 38.1 Å². The Balaban J connectivity index is 1.08. The average molecular weight is 521 g/mol. The Bertz CT molecular complexity index is 707. The third kappa shape index (κ3) is 10.0. The normalized spacial score (nSPS) is 30.4. The lowest BCUT2D eigenvalue weighted by atomic mass is 9.68. The van der Waals surface area contributed by atoms with Gasteiger partial charge in [0, 0.05) is 0 Å². The highest BCUT2D eigenvalue weighted by molar-refractivity contribution is 5.26. The van der Waals surface area contributed by atoms with E-state index >= 15 is 0 Å². The summed E-state index contributed by atoms with van der Waals surface area (Å²) in [7, 11) is 0. The van der Waals surface area contributed by atoms with E-state index in [1.54, 1.807) is 36.8 Å². The highest BCUT2D eigenvalue weighted by Gasteiger charge is 2.30. The maximum absolute atomic E-state index is 2.50. The van der Waals surface area contributed by atoms with Crippen molar-refractivity contribution in [3.8, 4) is 0 Å². The molecule has 0 aromatic heterocycles. The summed E-state index contributed by atoms with van der Waals surface area (Å²) in [6.45, 7) is 4.66. The van der Waals surface area contributed by atoms with Crippen LogP contribution in [0.2, 0.25) is 0 Å². The number of benzene rings is 1. The lowest BCUT2D eigenvalue weighted by molar-refractivity contribution is 0.140. The van der Waals surface area contributed by atoms with Gasteiger partial charge in [0.2, 0.25) is 0 Å². The molecule has 3 aliphatic rings. The quantitative estimate of drug-likeness (QED) is 0.202. The lowest BCUT2D eigenvalue weighted by Gasteiger charge is -2.38. The van der Waals surface area contributed by atoms with Crippen LogP contribution in [0, 0.1) is 29.6 Å². The molecule has 1 aromatic rings. The topological polar surface area (TPSA) is 0 Å². The smallest absolute Gasteiger partial charge is 0.0162 e. The lowest BCUT2D eigenvalue weighted by Crippen LogP contribution is -2.26. The molecule has 0 heterocycles. The zero-order valence-corrected chi connectivity index (χ0v) is 25.7. The van der Waals surface area contributed by atoms with Gasteiger partial charge in [0.05, 0.1) is 0 Å². The fourth-order valence-corrected chi connectivity index (χ4v) is 8.73. The second-order valence-corrected chi connectivity index (χ2v) is 14.3. The molecule has 38 heavy (non-hydrogen) atoms. The standard InChI is InChI=1S/C38H64/c1-3-5-7-8-10-12-32-17-25-36(26-18-32)38-29-21-34(22-30-38)14-13-33-19-27-37(28-20-33)35-23-15-31(16-24-35)11-9-6-4-2/h21-22,29-33,35-37H,3-20,23-28H2,1-2H3. The van der Waals surface area contributed by atoms with Crippen molar-refractivity contribution >= 4 is 0 Å². The predicted molar refractivity (Wildman–Crippen MR) is 168 cm³/mol. The molecule has 1 aromatic carbocycles. The van der Waals surface area contributed by atoms with Crippen LogP contribution in [0.5, 0.6) is 0 Å². The van der Waals surface area contributed by atoms with Gasteiger partial charge in [0.25, 0.3) is 0 Å². The molecule has 216 valence electrons. The Kier molecular flexibility index (Phi) is 13.6. The van der Waals surface area contributed by atoms with Gasteiger partial charge in [-0.25, -0.2) is 0 Å². The third-order valence-electron chi connectivity index (χ3n) is 11.5. The molecule has 0 heteroatoms. The molecule has 4 rings (SSSR count). The predicted octanol–water partition coefficient (Wildman–Crippen LogP) is 12.4. The molecule has 0 spiro atoms. The molecule has 0 radical (unpaired) electrons. The van der Waals surface area contributed by atoms with Crippen LogP contribution in [0.1, 0.15) is 179 Å². The highest BCUT2D eigenvalue weighted by atomic mass is 14.4. The summed E-state index contributed by atoms with van der Waals surface area (Å²) in [6, 6.07) is 9.97. The number of hydrogen-bond donors (Lipinski definition) is 0. The first kappa shape index (κ1) is 30.2. The second-order valence-electron chi connectivity index (χ2n) is 14.3. The van der Waals surface area contributed by atoms with Gasteiger partial charge < -0.3 is 0 Å². The van der Waals surface area contributed by atoms with E-state index in [1.807, 2.05) is 0 Å². The minimum absolute atomic E-state index is 0.835. The van der Waals surface area contributed by atoms with Gasteiger partial charge in [-0.3, -0.25) is 0 Å². The average Bonchev–Trinajstić information content (AvgIpc) is 2.97. The molecule has 3 fully saturated rings. The van der Waals surface area contributed by atoms with Crippen molar-refractivity contribution < 1.29 is 0 Å². The molecular formula is C38H64. The Morgan fingerprint density at radius 1 is 0.474 bits per heavy atom. The second kappa shape index (κ2) is 17.1. The molecule has 0 saturated heterocycles. The van der Waals surface area contributed by atoms with Crippen molar-refractivity contribution in [3.05, 3.63) is 35.4 Å². The number of unbranched alkanes of at least 4 members (excludes halogenated alkanes) is 6. The van der Waals surface area contributed by atoms with E-state index in [1.165, 1.54) is 128 Å². The number of hydrogen-bond acceptors (Lipinski definition) is 0. The van der Waals surface area contributed by atoms with Crippen molar-refractivity contribution in [3.63, 3.8) is 0 Å². The minimum atomic E-state index is 0.835. The Morgan fingerprint density at radius 2 is 0.921 bits per heavy atom. The minimum Gasteiger partial charge on any atom is -0.0654 e. The van der Waals surface area contributed by atoms with Gasteiger partial charge in [0.1, 0.15) is 0 Å². The number of rotatable bonds is 15. The van der Waals surface area contributed by atoms with Crippen LogP contribution >= 0.6 is 0 Å². The van der Waals surface area contributed by atoms with E-state index in [9.17, 15) is 0 Å². The van der Waals surface area contributed by atoms with Gasteiger partial charge in [-0.15, -0.1) is 0 Å². The number of aryl methyl sites for hydroxylation is 1. The van der Waals surface area contributed by atoms with E-state index in [4.69, 9.17) is 0 Å². The molecule has 0 atom stereocenters. The maximum Gasteiger partial charge on any atom is -0.0162 e.